The van der Waals surface area contributed by atoms with Crippen molar-refractivity contribution in [3.05, 3.63) is 29.3 Å². The van der Waals surface area contributed by atoms with Crippen LogP contribution in [0.1, 0.15) is 23.2 Å². The Morgan fingerprint density at radius 2 is 1.90 bits per heavy atom. The van der Waals surface area contributed by atoms with Crippen molar-refractivity contribution in [1.82, 2.24) is 5.32 Å². The van der Waals surface area contributed by atoms with Crippen molar-refractivity contribution >= 4 is 17.6 Å². The zero-order valence-corrected chi connectivity index (χ0v) is 10.6. The van der Waals surface area contributed by atoms with E-state index in [-0.39, 0.29) is 12.2 Å². The molecule has 1 saturated carbocycles. The Bertz CT molecular complexity index is 545. The predicted octanol–water partition coefficient (Wildman–Crippen LogP) is 1.60. The van der Waals surface area contributed by atoms with E-state index in [1.54, 1.807) is 0 Å². The highest BCUT2D eigenvalue weighted by Gasteiger charge is 2.21. The molecule has 1 fully saturated rings. The van der Waals surface area contributed by atoms with E-state index in [1.807, 2.05) is 0 Å². The van der Waals surface area contributed by atoms with Crippen LogP contribution < -0.4 is 10.6 Å². The Kier molecular flexibility index (Phi) is 4.29. The number of amides is 1. The molecule has 0 radical (unpaired) electrons. The third-order valence-electron chi connectivity index (χ3n) is 2.98. The summed E-state index contributed by atoms with van der Waals surface area (Å²) in [7, 11) is 0. The van der Waals surface area contributed by atoms with Gasteiger partial charge in [0.15, 0.2) is 11.6 Å². The third kappa shape index (κ3) is 3.74. The van der Waals surface area contributed by atoms with Crippen molar-refractivity contribution < 1.29 is 23.5 Å². The summed E-state index contributed by atoms with van der Waals surface area (Å²) < 4.78 is 26.1. The van der Waals surface area contributed by atoms with Crippen molar-refractivity contribution in [3.63, 3.8) is 0 Å². The van der Waals surface area contributed by atoms with Crippen LogP contribution in [-0.4, -0.2) is 30.1 Å². The highest BCUT2D eigenvalue weighted by atomic mass is 19.2. The molecule has 0 spiro atoms. The number of anilines is 1. The first-order valence-corrected chi connectivity index (χ1v) is 6.20. The summed E-state index contributed by atoms with van der Waals surface area (Å²) in [6.45, 7) is 0.714. The maximum absolute atomic E-state index is 13.1. The zero-order chi connectivity index (χ0) is 14.7. The molecule has 0 unspecified atom stereocenters. The molecule has 0 saturated heterocycles. The minimum atomic E-state index is -1.44. The van der Waals surface area contributed by atoms with Gasteiger partial charge in [-0.05, 0) is 31.4 Å². The number of benzene rings is 1. The molecular formula is C13H14F2N2O3. The number of aromatic carboxylic acids is 1. The van der Waals surface area contributed by atoms with Crippen molar-refractivity contribution in [2.75, 3.05) is 18.4 Å². The second-order valence-electron chi connectivity index (χ2n) is 4.74. The van der Waals surface area contributed by atoms with E-state index >= 15 is 0 Å². The summed E-state index contributed by atoms with van der Waals surface area (Å²) >= 11 is 0. The minimum absolute atomic E-state index is 0.00540. The van der Waals surface area contributed by atoms with E-state index in [1.165, 1.54) is 0 Å². The molecule has 0 bridgehead atoms. The zero-order valence-electron chi connectivity index (χ0n) is 10.6. The van der Waals surface area contributed by atoms with Gasteiger partial charge in [-0.2, -0.15) is 0 Å². The van der Waals surface area contributed by atoms with Gasteiger partial charge >= 0.3 is 5.97 Å². The quantitative estimate of drug-likeness (QED) is 0.741. The molecule has 1 aromatic rings. The molecule has 108 valence electrons. The van der Waals surface area contributed by atoms with E-state index in [0.29, 0.717) is 18.1 Å². The van der Waals surface area contributed by atoms with Gasteiger partial charge in [0.2, 0.25) is 5.91 Å². The van der Waals surface area contributed by atoms with Crippen LogP contribution in [0.3, 0.4) is 0 Å². The SMILES string of the molecule is O=C(CNCC1CC1)Nc1cc(F)c(F)cc1C(=O)O. The lowest BCUT2D eigenvalue weighted by atomic mass is 10.1. The number of rotatable bonds is 6. The number of carbonyl (C=O) groups excluding carboxylic acids is 1. The molecule has 1 aliphatic carbocycles. The smallest absolute Gasteiger partial charge is 0.337 e. The van der Waals surface area contributed by atoms with Crippen molar-refractivity contribution in [1.29, 1.82) is 0 Å². The van der Waals surface area contributed by atoms with Gasteiger partial charge in [0, 0.05) is 6.07 Å². The topological polar surface area (TPSA) is 78.4 Å². The molecular weight excluding hydrogens is 270 g/mol. The summed E-state index contributed by atoms with van der Waals surface area (Å²) in [5, 5.41) is 14.1. The molecule has 0 aromatic heterocycles. The highest BCUT2D eigenvalue weighted by molar-refractivity contribution is 6.01. The summed E-state index contributed by atoms with van der Waals surface area (Å²) in [6, 6.07) is 1.21. The Morgan fingerprint density at radius 3 is 2.50 bits per heavy atom. The Morgan fingerprint density at radius 1 is 1.25 bits per heavy atom. The normalized spacial score (nSPS) is 14.1. The van der Waals surface area contributed by atoms with Gasteiger partial charge < -0.3 is 15.7 Å². The second-order valence-corrected chi connectivity index (χ2v) is 4.74. The molecule has 1 amide bonds. The number of carbonyl (C=O) groups is 2. The van der Waals surface area contributed by atoms with E-state index in [0.717, 1.165) is 19.4 Å². The van der Waals surface area contributed by atoms with Crippen LogP contribution in [0.4, 0.5) is 14.5 Å². The Balaban J connectivity index is 2.00. The largest absolute Gasteiger partial charge is 0.478 e. The maximum Gasteiger partial charge on any atom is 0.337 e. The lowest BCUT2D eigenvalue weighted by Gasteiger charge is -2.09. The Labute approximate surface area is 114 Å². The lowest BCUT2D eigenvalue weighted by Crippen LogP contribution is -2.30. The molecule has 7 heteroatoms. The predicted molar refractivity (Wildman–Crippen MR) is 67.5 cm³/mol. The summed E-state index contributed by atoms with van der Waals surface area (Å²) in [6.07, 6.45) is 2.28. The first-order chi connectivity index (χ1) is 9.47. The molecule has 1 aliphatic rings. The van der Waals surface area contributed by atoms with Gasteiger partial charge in [0.25, 0.3) is 0 Å². The summed E-state index contributed by atoms with van der Waals surface area (Å²) in [5.74, 6) is -3.83. The molecule has 0 heterocycles. The molecule has 20 heavy (non-hydrogen) atoms. The van der Waals surface area contributed by atoms with Gasteiger partial charge in [0.05, 0.1) is 17.8 Å². The monoisotopic (exact) mass is 284 g/mol. The van der Waals surface area contributed by atoms with Gasteiger partial charge in [-0.1, -0.05) is 0 Å². The minimum Gasteiger partial charge on any atom is -0.478 e. The third-order valence-corrected chi connectivity index (χ3v) is 2.98. The van der Waals surface area contributed by atoms with Crippen LogP contribution in [0, 0.1) is 17.6 Å². The number of hydrogen-bond acceptors (Lipinski definition) is 3. The number of halogens is 2. The Hall–Kier alpha value is -2.02. The van der Waals surface area contributed by atoms with Crippen LogP contribution in [0.15, 0.2) is 12.1 Å². The van der Waals surface area contributed by atoms with E-state index in [9.17, 15) is 18.4 Å². The van der Waals surface area contributed by atoms with Crippen LogP contribution in [0.25, 0.3) is 0 Å². The number of nitrogens with one attached hydrogen (secondary N) is 2. The fourth-order valence-electron chi connectivity index (χ4n) is 1.73. The van der Waals surface area contributed by atoms with Crippen LogP contribution >= 0.6 is 0 Å². The summed E-state index contributed by atoms with van der Waals surface area (Å²) in [4.78, 5) is 22.5. The first kappa shape index (κ1) is 14.4. The average molecular weight is 284 g/mol. The number of carboxylic acid groups (broad SMARTS) is 1. The molecule has 0 aliphatic heterocycles. The summed E-state index contributed by atoms with van der Waals surface area (Å²) in [5.41, 5.74) is -0.742. The average Bonchev–Trinajstić information content (AvgIpc) is 3.17. The van der Waals surface area contributed by atoms with Crippen LogP contribution in [0.5, 0.6) is 0 Å². The van der Waals surface area contributed by atoms with Gasteiger partial charge in [-0.25, -0.2) is 13.6 Å². The molecule has 0 atom stereocenters. The van der Waals surface area contributed by atoms with E-state index in [2.05, 4.69) is 10.6 Å². The molecule has 3 N–H and O–H groups in total. The number of hydrogen-bond donors (Lipinski definition) is 3. The van der Waals surface area contributed by atoms with Crippen molar-refractivity contribution in [3.8, 4) is 0 Å². The fraction of sp³-hybridized carbons (Fsp3) is 0.385. The lowest BCUT2D eigenvalue weighted by molar-refractivity contribution is -0.115. The number of carboxylic acids is 1. The molecule has 5 nitrogen and oxygen atoms in total. The van der Waals surface area contributed by atoms with Crippen LogP contribution in [0.2, 0.25) is 0 Å². The van der Waals surface area contributed by atoms with Gasteiger partial charge in [-0.3, -0.25) is 4.79 Å². The van der Waals surface area contributed by atoms with Gasteiger partial charge in [-0.15, -0.1) is 0 Å². The fourth-order valence-corrected chi connectivity index (χ4v) is 1.73. The van der Waals surface area contributed by atoms with Crippen molar-refractivity contribution in [2.45, 2.75) is 12.8 Å². The van der Waals surface area contributed by atoms with Crippen LogP contribution in [-0.2, 0) is 4.79 Å². The maximum atomic E-state index is 13.1. The van der Waals surface area contributed by atoms with E-state index < -0.39 is 29.1 Å². The standard InChI is InChI=1S/C13H14F2N2O3/c14-9-3-8(13(19)20)11(4-10(9)15)17-12(18)6-16-5-7-1-2-7/h3-4,7,16H,1-2,5-6H2,(H,17,18)(H,19,20). The van der Waals surface area contributed by atoms with Gasteiger partial charge in [0.1, 0.15) is 0 Å². The molecule has 1 aromatic carbocycles. The first-order valence-electron chi connectivity index (χ1n) is 6.20. The molecule has 2 rings (SSSR count). The second kappa shape index (κ2) is 5.96. The highest BCUT2D eigenvalue weighted by Crippen LogP contribution is 2.27. The van der Waals surface area contributed by atoms with E-state index in [4.69, 9.17) is 5.11 Å². The van der Waals surface area contributed by atoms with Crippen molar-refractivity contribution in [2.24, 2.45) is 5.92 Å².